The topological polar surface area (TPSA) is 55.6 Å². The molecule has 1 heterocycles. The third-order valence-electron chi connectivity index (χ3n) is 5.92. The molecule has 0 aromatic heterocycles. The Hall–Kier alpha value is -1.60. The number of nitrogens with two attached hydrogens (primary N) is 1. The molecule has 2 aliphatic rings. The van der Waals surface area contributed by atoms with Crippen molar-refractivity contribution in [1.82, 2.24) is 4.90 Å². The van der Waals surface area contributed by atoms with Gasteiger partial charge in [-0.25, -0.2) is 0 Å². The predicted octanol–water partition coefficient (Wildman–Crippen LogP) is 3.31. The first kappa shape index (κ1) is 19.2. The number of nitrogens with zero attached hydrogens (tertiary/aromatic N) is 1. The minimum Gasteiger partial charge on any atom is -0.373 e. The van der Waals surface area contributed by atoms with Crippen LogP contribution in [0.25, 0.3) is 0 Å². The maximum atomic E-state index is 12.6. The molecule has 1 saturated carbocycles. The molecule has 0 spiro atoms. The van der Waals surface area contributed by atoms with E-state index in [-0.39, 0.29) is 18.4 Å². The third-order valence-corrected chi connectivity index (χ3v) is 5.92. The molecule has 2 bridgehead atoms. The quantitative estimate of drug-likeness (QED) is 0.865. The number of amides is 1. The van der Waals surface area contributed by atoms with Crippen LogP contribution in [-0.2, 0) is 10.3 Å². The fraction of sp³-hybridized carbons (Fsp3) is 0.632. The van der Waals surface area contributed by atoms with Crippen LogP contribution in [0.3, 0.4) is 0 Å². The number of benzene rings is 1. The van der Waals surface area contributed by atoms with Crippen LogP contribution in [0.5, 0.6) is 0 Å². The van der Waals surface area contributed by atoms with Crippen molar-refractivity contribution in [2.24, 2.45) is 17.6 Å². The van der Waals surface area contributed by atoms with Gasteiger partial charge in [-0.3, -0.25) is 4.79 Å². The van der Waals surface area contributed by atoms with Crippen molar-refractivity contribution >= 4 is 5.91 Å². The average molecular weight is 370 g/mol. The highest BCUT2D eigenvalue weighted by Gasteiger charge is 2.53. The molecule has 1 amide bonds. The lowest BCUT2D eigenvalue weighted by Crippen LogP contribution is -2.59. The summed E-state index contributed by atoms with van der Waals surface area (Å²) in [4.78, 5) is 13.5. The number of rotatable bonds is 5. The SMILES string of the molecule is COC1(c2cccc(C(N)=O)c2)[C@@H]2CCC[C@H]1CN(CCC(F)(F)F)C2. The maximum absolute atomic E-state index is 12.6. The molecule has 2 fully saturated rings. The summed E-state index contributed by atoms with van der Waals surface area (Å²) in [6, 6.07) is 7.18. The number of methoxy groups -OCH3 is 1. The van der Waals surface area contributed by atoms with Crippen LogP contribution in [-0.4, -0.2) is 43.7 Å². The van der Waals surface area contributed by atoms with E-state index in [0.717, 1.165) is 24.8 Å². The summed E-state index contributed by atoms with van der Waals surface area (Å²) >= 11 is 0. The number of hydrogen-bond acceptors (Lipinski definition) is 3. The van der Waals surface area contributed by atoms with E-state index in [1.807, 2.05) is 11.0 Å². The number of alkyl halides is 3. The summed E-state index contributed by atoms with van der Waals surface area (Å²) in [5.41, 5.74) is 6.18. The van der Waals surface area contributed by atoms with Crippen LogP contribution in [0.4, 0.5) is 13.2 Å². The van der Waals surface area contributed by atoms with Crippen LogP contribution in [0, 0.1) is 11.8 Å². The smallest absolute Gasteiger partial charge is 0.373 e. The monoisotopic (exact) mass is 370 g/mol. The third kappa shape index (κ3) is 3.60. The lowest BCUT2D eigenvalue weighted by molar-refractivity contribution is -0.177. The number of carbonyl (C=O) groups is 1. The summed E-state index contributed by atoms with van der Waals surface area (Å²) in [6.45, 7) is 1.17. The number of primary amides is 1. The van der Waals surface area contributed by atoms with E-state index in [9.17, 15) is 18.0 Å². The van der Waals surface area contributed by atoms with Crippen molar-refractivity contribution in [3.8, 4) is 0 Å². The molecule has 1 aromatic rings. The molecular formula is C19H25F3N2O2. The van der Waals surface area contributed by atoms with E-state index < -0.39 is 24.1 Å². The summed E-state index contributed by atoms with van der Waals surface area (Å²) in [7, 11) is 1.66. The molecule has 1 aliphatic heterocycles. The molecule has 7 heteroatoms. The Labute approximate surface area is 151 Å². The van der Waals surface area contributed by atoms with E-state index in [4.69, 9.17) is 10.5 Å². The predicted molar refractivity (Wildman–Crippen MR) is 91.6 cm³/mol. The zero-order chi connectivity index (χ0) is 18.9. The zero-order valence-electron chi connectivity index (χ0n) is 14.9. The number of hydrogen-bond donors (Lipinski definition) is 1. The van der Waals surface area contributed by atoms with Crippen molar-refractivity contribution in [2.75, 3.05) is 26.7 Å². The Morgan fingerprint density at radius 2 is 1.96 bits per heavy atom. The standard InChI is InChI=1S/C19H25F3N2O2/c1-26-19(14-5-2-4-13(10-14)17(23)25)15-6-3-7-16(19)12-24(11-15)9-8-18(20,21)22/h2,4-5,10,15-16H,3,6-9,11-12H2,1H3,(H2,23,25)/t15-,16+,19?. The molecule has 144 valence electrons. The van der Waals surface area contributed by atoms with E-state index in [1.165, 1.54) is 0 Å². The van der Waals surface area contributed by atoms with Crippen molar-refractivity contribution in [1.29, 1.82) is 0 Å². The van der Waals surface area contributed by atoms with Gasteiger partial charge in [-0.15, -0.1) is 0 Å². The van der Waals surface area contributed by atoms with Crippen LogP contribution in [0.15, 0.2) is 24.3 Å². The van der Waals surface area contributed by atoms with Crippen molar-refractivity contribution < 1.29 is 22.7 Å². The van der Waals surface area contributed by atoms with Crippen LogP contribution in [0.1, 0.15) is 41.6 Å². The molecular weight excluding hydrogens is 345 g/mol. The summed E-state index contributed by atoms with van der Waals surface area (Å²) in [6.07, 6.45) is -2.09. The molecule has 0 radical (unpaired) electrons. The van der Waals surface area contributed by atoms with Gasteiger partial charge in [0.05, 0.1) is 6.42 Å². The highest BCUT2D eigenvalue weighted by molar-refractivity contribution is 5.92. The van der Waals surface area contributed by atoms with Gasteiger partial charge in [-0.1, -0.05) is 18.6 Å². The highest BCUT2D eigenvalue weighted by atomic mass is 19.4. The number of ether oxygens (including phenoxy) is 1. The van der Waals surface area contributed by atoms with Gasteiger partial charge in [-0.2, -0.15) is 13.2 Å². The number of fused-ring (bicyclic) bond motifs is 2. The van der Waals surface area contributed by atoms with Gasteiger partial charge >= 0.3 is 6.18 Å². The molecule has 4 nitrogen and oxygen atoms in total. The van der Waals surface area contributed by atoms with Crippen molar-refractivity contribution in [2.45, 2.75) is 37.5 Å². The fourth-order valence-electron chi connectivity index (χ4n) is 4.83. The fourth-order valence-corrected chi connectivity index (χ4v) is 4.83. The molecule has 26 heavy (non-hydrogen) atoms. The van der Waals surface area contributed by atoms with Gasteiger partial charge in [0.15, 0.2) is 0 Å². The molecule has 1 aromatic carbocycles. The van der Waals surface area contributed by atoms with E-state index >= 15 is 0 Å². The van der Waals surface area contributed by atoms with E-state index in [0.29, 0.717) is 18.7 Å². The first-order valence-corrected chi connectivity index (χ1v) is 9.01. The van der Waals surface area contributed by atoms with Gasteiger partial charge in [0, 0.05) is 44.1 Å². The summed E-state index contributed by atoms with van der Waals surface area (Å²) in [5.74, 6) is -0.307. The largest absolute Gasteiger partial charge is 0.390 e. The zero-order valence-corrected chi connectivity index (χ0v) is 14.9. The molecule has 1 saturated heterocycles. The van der Waals surface area contributed by atoms with E-state index in [1.54, 1.807) is 25.3 Å². The Bertz CT molecular complexity index is 648. The van der Waals surface area contributed by atoms with Gasteiger partial charge in [0.25, 0.3) is 0 Å². The molecule has 2 N–H and O–H groups in total. The van der Waals surface area contributed by atoms with E-state index in [2.05, 4.69) is 0 Å². The normalized spacial score (nSPS) is 29.5. The number of likely N-dealkylation sites (tertiary alicyclic amines) is 1. The van der Waals surface area contributed by atoms with Crippen LogP contribution in [0.2, 0.25) is 0 Å². The molecule has 1 aliphatic carbocycles. The minimum atomic E-state index is -4.14. The Morgan fingerprint density at radius 1 is 1.31 bits per heavy atom. The van der Waals surface area contributed by atoms with Crippen LogP contribution < -0.4 is 5.73 Å². The lowest BCUT2D eigenvalue weighted by atomic mass is 9.62. The number of piperidine rings is 1. The summed E-state index contributed by atoms with van der Waals surface area (Å²) < 4.78 is 43.9. The number of halogens is 3. The second kappa shape index (κ2) is 7.19. The second-order valence-corrected chi connectivity index (χ2v) is 7.39. The maximum Gasteiger partial charge on any atom is 0.390 e. The molecule has 3 atom stereocenters. The Morgan fingerprint density at radius 3 is 2.50 bits per heavy atom. The van der Waals surface area contributed by atoms with Crippen LogP contribution >= 0.6 is 0 Å². The van der Waals surface area contributed by atoms with Crippen molar-refractivity contribution in [3.05, 3.63) is 35.4 Å². The summed E-state index contributed by atoms with van der Waals surface area (Å²) in [5, 5.41) is 0. The van der Waals surface area contributed by atoms with Gasteiger partial charge in [0.2, 0.25) is 5.91 Å². The first-order valence-electron chi connectivity index (χ1n) is 9.01. The average Bonchev–Trinajstić information content (AvgIpc) is 2.58. The molecule has 3 rings (SSSR count). The molecule has 1 unspecified atom stereocenters. The number of carbonyl (C=O) groups excluding carboxylic acids is 1. The Kier molecular flexibility index (Phi) is 5.30. The second-order valence-electron chi connectivity index (χ2n) is 7.39. The van der Waals surface area contributed by atoms with Gasteiger partial charge in [-0.05, 0) is 30.5 Å². The highest BCUT2D eigenvalue weighted by Crippen LogP contribution is 2.51. The lowest BCUT2D eigenvalue weighted by Gasteiger charge is -2.55. The van der Waals surface area contributed by atoms with Crippen molar-refractivity contribution in [3.63, 3.8) is 0 Å². The Balaban J connectivity index is 1.88. The van der Waals surface area contributed by atoms with Gasteiger partial charge < -0.3 is 15.4 Å². The van der Waals surface area contributed by atoms with Gasteiger partial charge in [0.1, 0.15) is 5.60 Å². The first-order chi connectivity index (χ1) is 12.3. The minimum absolute atomic E-state index is 0.0254.